The van der Waals surface area contributed by atoms with E-state index < -0.39 is 0 Å². The lowest BCUT2D eigenvalue weighted by molar-refractivity contribution is 0.716. The predicted octanol–water partition coefficient (Wildman–Crippen LogP) is 4.76. The van der Waals surface area contributed by atoms with Crippen LogP contribution in [0.2, 0.25) is 0 Å². The molecule has 0 radical (unpaired) electrons. The van der Waals surface area contributed by atoms with E-state index in [4.69, 9.17) is 0 Å². The van der Waals surface area contributed by atoms with Crippen molar-refractivity contribution in [2.75, 3.05) is 0 Å². The Morgan fingerprint density at radius 3 is 3.06 bits per heavy atom. The summed E-state index contributed by atoms with van der Waals surface area (Å²) < 4.78 is 1.22. The monoisotopic (exact) mass is 262 g/mol. The molecule has 17 heavy (non-hydrogen) atoms. The molecule has 0 saturated carbocycles. The normalized spacial score (nSPS) is 10.4. The van der Waals surface area contributed by atoms with Gasteiger partial charge in [-0.1, -0.05) is 19.8 Å². The molecule has 0 amide bonds. The molecule has 0 aliphatic rings. The number of aryl methyl sites for hydroxylation is 1. The highest BCUT2D eigenvalue weighted by molar-refractivity contribution is 7.78. The lowest BCUT2D eigenvalue weighted by atomic mass is 10.2. The first-order valence-corrected chi connectivity index (χ1v) is 7.03. The summed E-state index contributed by atoms with van der Waals surface area (Å²) in [6, 6.07) is 5.98. The van der Waals surface area contributed by atoms with Gasteiger partial charge in [0.15, 0.2) is 0 Å². The Balaban J connectivity index is 2.21. The molecule has 0 aliphatic heterocycles. The van der Waals surface area contributed by atoms with Crippen LogP contribution in [0, 0.1) is 0 Å². The van der Waals surface area contributed by atoms with Crippen molar-refractivity contribution in [1.29, 1.82) is 0 Å². The van der Waals surface area contributed by atoms with Crippen LogP contribution in [-0.2, 0) is 6.42 Å². The SMILES string of the molecule is CCCCCc1nc2cc(N=C=S)ccc2s1. The minimum Gasteiger partial charge on any atom is -0.241 e. The van der Waals surface area contributed by atoms with Gasteiger partial charge < -0.3 is 0 Å². The summed E-state index contributed by atoms with van der Waals surface area (Å²) in [6.45, 7) is 2.22. The average Bonchev–Trinajstić information content (AvgIpc) is 2.72. The van der Waals surface area contributed by atoms with Gasteiger partial charge in [-0.05, 0) is 43.3 Å². The first kappa shape index (κ1) is 12.4. The highest BCUT2D eigenvalue weighted by Crippen LogP contribution is 2.26. The molecule has 2 rings (SSSR count). The highest BCUT2D eigenvalue weighted by atomic mass is 32.1. The van der Waals surface area contributed by atoms with Gasteiger partial charge >= 0.3 is 0 Å². The Bertz CT molecular complexity index is 554. The van der Waals surface area contributed by atoms with Gasteiger partial charge in [0.05, 0.1) is 26.1 Å². The quantitative estimate of drug-likeness (QED) is 0.441. The first-order chi connectivity index (χ1) is 8.33. The number of benzene rings is 1. The van der Waals surface area contributed by atoms with Gasteiger partial charge in [0, 0.05) is 0 Å². The van der Waals surface area contributed by atoms with Crippen LogP contribution in [0.25, 0.3) is 10.2 Å². The van der Waals surface area contributed by atoms with Crippen LogP contribution in [0.5, 0.6) is 0 Å². The van der Waals surface area contributed by atoms with Gasteiger partial charge in [0.2, 0.25) is 0 Å². The van der Waals surface area contributed by atoms with E-state index in [0.29, 0.717) is 0 Å². The van der Waals surface area contributed by atoms with E-state index in [-0.39, 0.29) is 0 Å². The maximum atomic E-state index is 4.62. The smallest absolute Gasteiger partial charge is 0.0938 e. The number of hydrogen-bond acceptors (Lipinski definition) is 4. The summed E-state index contributed by atoms with van der Waals surface area (Å²) in [5.41, 5.74) is 1.85. The summed E-state index contributed by atoms with van der Waals surface area (Å²) >= 11 is 6.37. The van der Waals surface area contributed by atoms with E-state index >= 15 is 0 Å². The molecule has 1 heterocycles. The number of thiazole rings is 1. The molecular weight excluding hydrogens is 248 g/mol. The van der Waals surface area contributed by atoms with Crippen LogP contribution in [-0.4, -0.2) is 10.1 Å². The zero-order valence-electron chi connectivity index (χ0n) is 9.77. The summed E-state index contributed by atoms with van der Waals surface area (Å²) in [4.78, 5) is 8.60. The van der Waals surface area contributed by atoms with E-state index in [9.17, 15) is 0 Å². The number of nitrogens with zero attached hydrogens (tertiary/aromatic N) is 2. The zero-order chi connectivity index (χ0) is 12.1. The van der Waals surface area contributed by atoms with Crippen molar-refractivity contribution in [3.63, 3.8) is 0 Å². The standard InChI is InChI=1S/C13H14N2S2/c1-2-3-4-5-13-15-11-8-10(14-9-16)6-7-12(11)17-13/h6-8H,2-5H2,1H3. The molecule has 1 aromatic heterocycles. The van der Waals surface area contributed by atoms with Crippen molar-refractivity contribution in [2.45, 2.75) is 32.6 Å². The second-order valence-electron chi connectivity index (χ2n) is 3.92. The molecule has 0 aliphatic carbocycles. The molecule has 1 aromatic carbocycles. The zero-order valence-corrected chi connectivity index (χ0v) is 11.4. The molecule has 0 saturated heterocycles. The number of rotatable bonds is 5. The van der Waals surface area contributed by atoms with Crippen LogP contribution in [0.3, 0.4) is 0 Å². The van der Waals surface area contributed by atoms with Crippen molar-refractivity contribution in [2.24, 2.45) is 4.99 Å². The Hall–Kier alpha value is -1.09. The number of hydrogen-bond donors (Lipinski definition) is 0. The molecular formula is C13H14N2S2. The number of unbranched alkanes of at least 4 members (excludes halogenated alkanes) is 2. The Labute approximate surface area is 110 Å². The third-order valence-electron chi connectivity index (χ3n) is 2.58. The summed E-state index contributed by atoms with van der Waals surface area (Å²) in [6.07, 6.45) is 4.83. The number of thiocarbonyl (C=S) groups is 1. The molecule has 0 atom stereocenters. The molecule has 4 heteroatoms. The van der Waals surface area contributed by atoms with Crippen LogP contribution in [0.4, 0.5) is 5.69 Å². The molecule has 88 valence electrons. The first-order valence-electron chi connectivity index (χ1n) is 5.81. The van der Waals surface area contributed by atoms with Gasteiger partial charge in [0.25, 0.3) is 0 Å². The molecule has 0 N–H and O–H groups in total. The van der Waals surface area contributed by atoms with Gasteiger partial charge in [-0.2, -0.15) is 4.99 Å². The van der Waals surface area contributed by atoms with Crippen LogP contribution >= 0.6 is 23.6 Å². The molecule has 0 unspecified atom stereocenters. The van der Waals surface area contributed by atoms with Gasteiger partial charge in [-0.3, -0.25) is 0 Å². The minimum atomic E-state index is 0.831. The molecule has 0 spiro atoms. The minimum absolute atomic E-state index is 0.831. The van der Waals surface area contributed by atoms with Crippen molar-refractivity contribution < 1.29 is 0 Å². The fraction of sp³-hybridized carbons (Fsp3) is 0.385. The van der Waals surface area contributed by atoms with Crippen LogP contribution < -0.4 is 0 Å². The van der Waals surface area contributed by atoms with E-state index in [1.165, 1.54) is 29.0 Å². The fourth-order valence-corrected chi connectivity index (χ4v) is 2.81. The van der Waals surface area contributed by atoms with Crippen LogP contribution in [0.1, 0.15) is 31.2 Å². The van der Waals surface area contributed by atoms with Crippen molar-refractivity contribution >= 4 is 44.6 Å². The summed E-state index contributed by atoms with van der Waals surface area (Å²) in [5, 5.41) is 3.60. The Morgan fingerprint density at radius 2 is 2.29 bits per heavy atom. The molecule has 2 nitrogen and oxygen atoms in total. The molecule has 0 fully saturated rings. The third kappa shape index (κ3) is 3.19. The second kappa shape index (κ2) is 6.01. The van der Waals surface area contributed by atoms with E-state index in [2.05, 4.69) is 40.3 Å². The van der Waals surface area contributed by atoms with E-state index in [1.807, 2.05) is 12.1 Å². The third-order valence-corrected chi connectivity index (χ3v) is 3.77. The maximum Gasteiger partial charge on any atom is 0.0938 e. The average molecular weight is 262 g/mol. The topological polar surface area (TPSA) is 25.2 Å². The van der Waals surface area contributed by atoms with E-state index in [1.54, 1.807) is 11.3 Å². The lowest BCUT2D eigenvalue weighted by Crippen LogP contribution is -1.82. The van der Waals surface area contributed by atoms with Crippen molar-refractivity contribution in [3.05, 3.63) is 23.2 Å². The van der Waals surface area contributed by atoms with Gasteiger partial charge in [-0.15, -0.1) is 11.3 Å². The van der Waals surface area contributed by atoms with Crippen molar-refractivity contribution in [1.82, 2.24) is 4.98 Å². The maximum absolute atomic E-state index is 4.62. The number of fused-ring (bicyclic) bond motifs is 1. The summed E-state index contributed by atoms with van der Waals surface area (Å²) in [5.74, 6) is 0. The number of aliphatic imine (C=N–C) groups is 1. The predicted molar refractivity (Wildman–Crippen MR) is 77.5 cm³/mol. The van der Waals surface area contributed by atoms with Gasteiger partial charge in [-0.25, -0.2) is 4.98 Å². The second-order valence-corrected chi connectivity index (χ2v) is 5.22. The van der Waals surface area contributed by atoms with Crippen molar-refractivity contribution in [3.8, 4) is 0 Å². The molecule has 0 bridgehead atoms. The van der Waals surface area contributed by atoms with Gasteiger partial charge in [0.1, 0.15) is 0 Å². The number of isothiocyanates is 1. The van der Waals surface area contributed by atoms with E-state index in [0.717, 1.165) is 17.6 Å². The highest BCUT2D eigenvalue weighted by Gasteiger charge is 2.04. The number of aromatic nitrogens is 1. The molecule has 2 aromatic rings. The Morgan fingerprint density at radius 1 is 1.41 bits per heavy atom. The Kier molecular flexibility index (Phi) is 4.37. The fourth-order valence-electron chi connectivity index (χ4n) is 1.72. The summed E-state index contributed by atoms with van der Waals surface area (Å²) in [7, 11) is 0. The lowest BCUT2D eigenvalue weighted by Gasteiger charge is -1.92. The van der Waals surface area contributed by atoms with Crippen LogP contribution in [0.15, 0.2) is 23.2 Å². The largest absolute Gasteiger partial charge is 0.241 e.